The van der Waals surface area contributed by atoms with E-state index in [-0.39, 0.29) is 0 Å². The first kappa shape index (κ1) is 31.2. The van der Waals surface area contributed by atoms with Gasteiger partial charge in [0.25, 0.3) is 0 Å². The minimum Gasteiger partial charge on any atom is -0.135 e. The van der Waals surface area contributed by atoms with Crippen LogP contribution in [0.5, 0.6) is 0 Å². The van der Waals surface area contributed by atoms with Crippen molar-refractivity contribution in [3.63, 3.8) is 0 Å². The molecule has 0 saturated carbocycles. The predicted octanol–water partition coefficient (Wildman–Crippen LogP) is 16.6. The summed E-state index contributed by atoms with van der Waals surface area (Å²) in [6.45, 7) is 0. The van der Waals surface area contributed by atoms with Crippen LogP contribution in [0.2, 0.25) is 0 Å². The zero-order valence-electron chi connectivity index (χ0n) is 30.9. The molecular formula is C56H32S. The molecule has 0 atom stereocenters. The molecule has 0 saturated heterocycles. The summed E-state index contributed by atoms with van der Waals surface area (Å²) < 4.78 is 2.64. The fourth-order valence-corrected chi connectivity index (χ4v) is 11.2. The second kappa shape index (κ2) is 11.7. The van der Waals surface area contributed by atoms with Gasteiger partial charge in [0.05, 0.1) is 0 Å². The summed E-state index contributed by atoms with van der Waals surface area (Å²) in [5.41, 5.74) is 5.16. The van der Waals surface area contributed by atoms with Crippen LogP contribution in [0.4, 0.5) is 0 Å². The van der Waals surface area contributed by atoms with Gasteiger partial charge in [-0.15, -0.1) is 11.3 Å². The third kappa shape index (κ3) is 4.43. The number of benzene rings is 12. The fourth-order valence-electron chi connectivity index (χ4n) is 10.1. The van der Waals surface area contributed by atoms with Gasteiger partial charge < -0.3 is 0 Å². The van der Waals surface area contributed by atoms with Crippen LogP contribution in [0.1, 0.15) is 0 Å². The molecule has 0 unspecified atom stereocenters. The Balaban J connectivity index is 1.09. The van der Waals surface area contributed by atoms with Crippen molar-refractivity contribution in [2.24, 2.45) is 0 Å². The zero-order valence-corrected chi connectivity index (χ0v) is 31.7. The molecule has 0 fully saturated rings. The van der Waals surface area contributed by atoms with E-state index in [9.17, 15) is 0 Å². The molecule has 0 radical (unpaired) electrons. The van der Waals surface area contributed by atoms with Crippen molar-refractivity contribution in [2.45, 2.75) is 0 Å². The van der Waals surface area contributed by atoms with E-state index < -0.39 is 0 Å². The lowest BCUT2D eigenvalue weighted by atomic mass is 9.83. The van der Waals surface area contributed by atoms with Crippen LogP contribution in [0.25, 0.3) is 129 Å². The third-order valence-corrected chi connectivity index (χ3v) is 13.7. The lowest BCUT2D eigenvalue weighted by molar-refractivity contribution is 1.70. The van der Waals surface area contributed by atoms with Gasteiger partial charge in [-0.05, 0) is 145 Å². The topological polar surface area (TPSA) is 0 Å². The highest BCUT2D eigenvalue weighted by molar-refractivity contribution is 7.26. The van der Waals surface area contributed by atoms with Crippen LogP contribution < -0.4 is 0 Å². The fraction of sp³-hybridized carbons (Fsp3) is 0. The van der Waals surface area contributed by atoms with Crippen molar-refractivity contribution >= 4 is 118 Å². The summed E-state index contributed by atoms with van der Waals surface area (Å²) in [6, 6.07) is 72.8. The molecule has 0 aliphatic rings. The second-order valence-electron chi connectivity index (χ2n) is 15.5. The van der Waals surface area contributed by atoms with E-state index in [4.69, 9.17) is 0 Å². The van der Waals surface area contributed by atoms with Crippen molar-refractivity contribution in [2.75, 3.05) is 0 Å². The quantitative estimate of drug-likeness (QED) is 0.122. The first-order chi connectivity index (χ1) is 28.3. The van der Waals surface area contributed by atoms with Gasteiger partial charge in [-0.3, -0.25) is 0 Å². The standard InChI is InChI=1S/C56H32S/c1-2-14-34-29-48-47(28-33(34)13-1)40-19-7-8-20-41(40)50-32-53-51(31-49(48)50)42-26-25-37(30-52(42)57-53)54-43-21-9-11-23-45(43)56(46-24-12-10-22-44(46)54)55-38-17-5-3-15-35(38)27-36-16-4-6-18-39(36)55/h1-32H. The first-order valence-corrected chi connectivity index (χ1v) is 20.6. The minimum atomic E-state index is 1.25. The largest absolute Gasteiger partial charge is 0.135 e. The van der Waals surface area contributed by atoms with Crippen molar-refractivity contribution in [3.8, 4) is 22.3 Å². The van der Waals surface area contributed by atoms with Gasteiger partial charge in [-0.25, -0.2) is 0 Å². The number of rotatable bonds is 2. The molecule has 0 aliphatic carbocycles. The molecule has 0 aliphatic heterocycles. The van der Waals surface area contributed by atoms with Crippen molar-refractivity contribution in [1.29, 1.82) is 0 Å². The first-order valence-electron chi connectivity index (χ1n) is 19.7. The molecule has 0 spiro atoms. The number of hydrogen-bond donors (Lipinski definition) is 0. The highest BCUT2D eigenvalue weighted by Crippen LogP contribution is 2.49. The molecule has 57 heavy (non-hydrogen) atoms. The number of fused-ring (bicyclic) bond motifs is 14. The Morgan fingerprint density at radius 3 is 1.19 bits per heavy atom. The van der Waals surface area contributed by atoms with Crippen molar-refractivity contribution in [3.05, 3.63) is 194 Å². The molecule has 1 aromatic heterocycles. The maximum atomic E-state index is 2.47. The lowest BCUT2D eigenvalue weighted by Crippen LogP contribution is -1.92. The van der Waals surface area contributed by atoms with Crippen molar-refractivity contribution < 1.29 is 0 Å². The monoisotopic (exact) mass is 736 g/mol. The molecule has 1 heteroatoms. The van der Waals surface area contributed by atoms with E-state index in [0.29, 0.717) is 0 Å². The number of thiophene rings is 1. The van der Waals surface area contributed by atoms with Gasteiger partial charge in [-0.1, -0.05) is 158 Å². The molecule has 0 nitrogen and oxygen atoms in total. The van der Waals surface area contributed by atoms with Gasteiger partial charge in [-0.2, -0.15) is 0 Å². The third-order valence-electron chi connectivity index (χ3n) is 12.5. The van der Waals surface area contributed by atoms with Crippen LogP contribution in [-0.4, -0.2) is 0 Å². The van der Waals surface area contributed by atoms with Crippen LogP contribution in [0.15, 0.2) is 194 Å². The van der Waals surface area contributed by atoms with Crippen LogP contribution in [0.3, 0.4) is 0 Å². The molecular weight excluding hydrogens is 705 g/mol. The number of hydrogen-bond acceptors (Lipinski definition) is 1. The average molecular weight is 737 g/mol. The molecule has 13 aromatic rings. The van der Waals surface area contributed by atoms with Gasteiger partial charge in [0.2, 0.25) is 0 Å². The molecule has 1 heterocycles. The summed E-state index contributed by atoms with van der Waals surface area (Å²) in [5, 5.41) is 23.3. The highest BCUT2D eigenvalue weighted by atomic mass is 32.1. The van der Waals surface area contributed by atoms with Gasteiger partial charge in [0.15, 0.2) is 0 Å². The van der Waals surface area contributed by atoms with Gasteiger partial charge in [0, 0.05) is 20.2 Å². The summed E-state index contributed by atoms with van der Waals surface area (Å²) >= 11 is 1.92. The molecule has 12 aromatic carbocycles. The lowest BCUT2D eigenvalue weighted by Gasteiger charge is -2.20. The Kier molecular flexibility index (Phi) is 6.41. The summed E-state index contributed by atoms with van der Waals surface area (Å²) in [4.78, 5) is 0. The second-order valence-corrected chi connectivity index (χ2v) is 16.6. The van der Waals surface area contributed by atoms with E-state index in [1.165, 1.54) is 129 Å². The highest BCUT2D eigenvalue weighted by Gasteiger charge is 2.21. The van der Waals surface area contributed by atoms with E-state index in [1.54, 1.807) is 0 Å². The van der Waals surface area contributed by atoms with E-state index in [2.05, 4.69) is 194 Å². The molecule has 0 N–H and O–H groups in total. The van der Waals surface area contributed by atoms with E-state index in [0.717, 1.165) is 0 Å². The Labute approximate surface area is 332 Å². The summed E-state index contributed by atoms with van der Waals surface area (Å²) in [5.74, 6) is 0. The Hall–Kier alpha value is -7.06. The van der Waals surface area contributed by atoms with Gasteiger partial charge >= 0.3 is 0 Å². The van der Waals surface area contributed by atoms with Crippen molar-refractivity contribution in [1.82, 2.24) is 0 Å². The molecule has 262 valence electrons. The predicted molar refractivity (Wildman–Crippen MR) is 250 cm³/mol. The van der Waals surface area contributed by atoms with E-state index >= 15 is 0 Å². The Morgan fingerprint density at radius 2 is 0.614 bits per heavy atom. The van der Waals surface area contributed by atoms with Crippen LogP contribution >= 0.6 is 11.3 Å². The summed E-state index contributed by atoms with van der Waals surface area (Å²) in [6.07, 6.45) is 0. The summed E-state index contributed by atoms with van der Waals surface area (Å²) in [7, 11) is 0. The smallest absolute Gasteiger partial charge is 0.0362 e. The van der Waals surface area contributed by atoms with Crippen LogP contribution in [-0.2, 0) is 0 Å². The Bertz CT molecular complexity index is 3750. The van der Waals surface area contributed by atoms with Gasteiger partial charge in [0.1, 0.15) is 0 Å². The van der Waals surface area contributed by atoms with Crippen LogP contribution in [0, 0.1) is 0 Å². The normalized spacial score (nSPS) is 12.2. The molecule has 0 bridgehead atoms. The maximum absolute atomic E-state index is 2.47. The maximum Gasteiger partial charge on any atom is 0.0362 e. The molecule has 0 amide bonds. The molecule has 13 rings (SSSR count). The van der Waals surface area contributed by atoms with E-state index in [1.807, 2.05) is 11.3 Å². The Morgan fingerprint density at radius 1 is 0.211 bits per heavy atom. The zero-order chi connectivity index (χ0) is 37.2. The average Bonchev–Trinajstić information content (AvgIpc) is 3.63. The minimum absolute atomic E-state index is 1.25. The SMILES string of the molecule is c1ccc2cc3c(cc2c1)c1ccccc1c1cc2sc4cc(-c5c6ccccc6c(-c6c7ccccc7cc7ccccc67)c6ccccc56)ccc4c2cc31.